The van der Waals surface area contributed by atoms with Crippen LogP contribution in [0, 0.1) is 24.2 Å². The van der Waals surface area contributed by atoms with Crippen LogP contribution in [0.5, 0.6) is 5.75 Å². The molecule has 0 N–H and O–H groups in total. The lowest BCUT2D eigenvalue weighted by Crippen LogP contribution is -2.30. The molecule has 1 saturated heterocycles. The van der Waals surface area contributed by atoms with E-state index in [0.29, 0.717) is 11.4 Å². The molecule has 1 atom stereocenters. The summed E-state index contributed by atoms with van der Waals surface area (Å²) in [5.74, 6) is -0.669. The Balaban J connectivity index is 2.42. The molecular weight excluding hydrogens is 244 g/mol. The minimum absolute atomic E-state index is 0.0647. The van der Waals surface area contributed by atoms with Crippen molar-refractivity contribution in [3.05, 3.63) is 23.8 Å². The van der Waals surface area contributed by atoms with Gasteiger partial charge >= 0.3 is 0 Å². The topological polar surface area (TPSA) is 70.4 Å². The Morgan fingerprint density at radius 1 is 1.47 bits per heavy atom. The highest BCUT2D eigenvalue weighted by Crippen LogP contribution is 2.35. The Morgan fingerprint density at radius 2 is 2.21 bits per heavy atom. The molecule has 1 aliphatic heterocycles. The zero-order valence-electron chi connectivity index (χ0n) is 10.8. The number of amides is 2. The van der Waals surface area contributed by atoms with Gasteiger partial charge in [-0.2, -0.15) is 5.26 Å². The highest BCUT2D eigenvalue weighted by atomic mass is 16.5. The van der Waals surface area contributed by atoms with Gasteiger partial charge < -0.3 is 4.74 Å². The molecule has 1 heterocycles. The van der Waals surface area contributed by atoms with Crippen molar-refractivity contribution in [2.45, 2.75) is 19.8 Å². The lowest BCUT2D eigenvalue weighted by Gasteiger charge is -2.18. The summed E-state index contributed by atoms with van der Waals surface area (Å²) in [5, 5.41) is 8.68. The van der Waals surface area contributed by atoms with E-state index in [1.165, 1.54) is 7.11 Å². The number of nitriles is 1. The van der Waals surface area contributed by atoms with Gasteiger partial charge in [0.1, 0.15) is 5.75 Å². The monoisotopic (exact) mass is 258 g/mol. The van der Waals surface area contributed by atoms with Gasteiger partial charge in [-0.3, -0.25) is 9.59 Å². The van der Waals surface area contributed by atoms with Crippen LogP contribution in [0.1, 0.15) is 18.4 Å². The maximum absolute atomic E-state index is 12.2. The van der Waals surface area contributed by atoms with E-state index < -0.39 is 5.92 Å². The molecule has 1 aromatic carbocycles. The van der Waals surface area contributed by atoms with Crippen molar-refractivity contribution in [2.75, 3.05) is 12.0 Å². The van der Waals surface area contributed by atoms with Gasteiger partial charge in [-0.15, -0.1) is 0 Å². The third kappa shape index (κ3) is 2.29. The average Bonchev–Trinajstić information content (AvgIpc) is 2.65. The first-order chi connectivity index (χ1) is 9.08. The molecule has 98 valence electrons. The summed E-state index contributed by atoms with van der Waals surface area (Å²) in [6, 6.07) is 7.25. The fourth-order valence-electron chi connectivity index (χ4n) is 2.19. The number of hydrogen-bond acceptors (Lipinski definition) is 4. The molecule has 0 spiro atoms. The summed E-state index contributed by atoms with van der Waals surface area (Å²) in [4.78, 5) is 25.3. The second-order valence-electron chi connectivity index (χ2n) is 4.51. The highest BCUT2D eigenvalue weighted by molar-refractivity contribution is 6.21. The number of ether oxygens (including phenoxy) is 1. The van der Waals surface area contributed by atoms with Crippen LogP contribution >= 0.6 is 0 Å². The van der Waals surface area contributed by atoms with E-state index in [9.17, 15) is 9.59 Å². The predicted octanol–water partition coefficient (Wildman–Crippen LogP) is 1.80. The third-order valence-electron chi connectivity index (χ3n) is 3.15. The van der Waals surface area contributed by atoms with Gasteiger partial charge in [0.2, 0.25) is 11.8 Å². The van der Waals surface area contributed by atoms with Crippen LogP contribution in [0.2, 0.25) is 0 Å². The number of carbonyl (C=O) groups excluding carboxylic acids is 2. The normalized spacial score (nSPS) is 18.6. The molecule has 1 aliphatic rings. The number of aryl methyl sites for hydroxylation is 1. The lowest BCUT2D eigenvalue weighted by molar-refractivity contribution is -0.122. The second kappa shape index (κ2) is 5.11. The van der Waals surface area contributed by atoms with Crippen LogP contribution in [0.25, 0.3) is 0 Å². The molecule has 19 heavy (non-hydrogen) atoms. The number of nitrogens with zero attached hydrogens (tertiary/aromatic N) is 2. The van der Waals surface area contributed by atoms with E-state index in [1.54, 1.807) is 12.1 Å². The molecular formula is C14H14N2O3. The van der Waals surface area contributed by atoms with E-state index >= 15 is 0 Å². The first-order valence-electron chi connectivity index (χ1n) is 5.97. The summed E-state index contributed by atoms with van der Waals surface area (Å²) < 4.78 is 5.19. The van der Waals surface area contributed by atoms with E-state index in [1.807, 2.05) is 19.1 Å². The van der Waals surface area contributed by atoms with E-state index in [0.717, 1.165) is 10.5 Å². The lowest BCUT2D eigenvalue weighted by atomic mass is 10.1. The molecule has 0 bridgehead atoms. The molecule has 0 saturated carbocycles. The summed E-state index contributed by atoms with van der Waals surface area (Å²) in [6.07, 6.45) is 0.151. The molecule has 0 radical (unpaired) electrons. The summed E-state index contributed by atoms with van der Waals surface area (Å²) >= 11 is 0. The highest BCUT2D eigenvalue weighted by Gasteiger charge is 2.40. The van der Waals surface area contributed by atoms with Gasteiger partial charge in [0.25, 0.3) is 0 Å². The van der Waals surface area contributed by atoms with Crippen molar-refractivity contribution >= 4 is 17.5 Å². The minimum atomic E-state index is -0.539. The summed E-state index contributed by atoms with van der Waals surface area (Å²) in [5.41, 5.74) is 1.39. The second-order valence-corrected chi connectivity index (χ2v) is 4.51. The summed E-state index contributed by atoms with van der Waals surface area (Å²) in [7, 11) is 1.49. The van der Waals surface area contributed by atoms with Gasteiger partial charge in [-0.1, -0.05) is 6.07 Å². The first-order valence-corrected chi connectivity index (χ1v) is 5.97. The van der Waals surface area contributed by atoms with Crippen LogP contribution < -0.4 is 9.64 Å². The Hall–Kier alpha value is -2.35. The average molecular weight is 258 g/mol. The molecule has 1 fully saturated rings. The van der Waals surface area contributed by atoms with Gasteiger partial charge in [-0.25, -0.2) is 4.90 Å². The molecule has 5 heteroatoms. The van der Waals surface area contributed by atoms with Crippen molar-refractivity contribution in [2.24, 2.45) is 5.92 Å². The SMILES string of the molecule is COc1ccc(C)cc1N1C(=O)CC(CC#N)C1=O. The van der Waals surface area contributed by atoms with E-state index in [2.05, 4.69) is 0 Å². The quantitative estimate of drug-likeness (QED) is 0.775. The maximum Gasteiger partial charge on any atom is 0.238 e. The van der Waals surface area contributed by atoms with Crippen molar-refractivity contribution < 1.29 is 14.3 Å². The maximum atomic E-state index is 12.2. The molecule has 2 amide bonds. The Kier molecular flexibility index (Phi) is 3.52. The molecule has 0 aliphatic carbocycles. The first kappa shape index (κ1) is 13.1. The predicted molar refractivity (Wildman–Crippen MR) is 68.6 cm³/mol. The number of carbonyl (C=O) groups is 2. The van der Waals surface area contributed by atoms with Crippen LogP contribution in [0.15, 0.2) is 18.2 Å². The van der Waals surface area contributed by atoms with Crippen molar-refractivity contribution in [3.63, 3.8) is 0 Å². The number of hydrogen-bond donors (Lipinski definition) is 0. The van der Waals surface area contributed by atoms with Gasteiger partial charge in [0.05, 0.1) is 24.8 Å². The van der Waals surface area contributed by atoms with E-state index in [-0.39, 0.29) is 24.7 Å². The number of rotatable bonds is 3. The fourth-order valence-corrected chi connectivity index (χ4v) is 2.19. The van der Waals surface area contributed by atoms with Gasteiger partial charge in [0.15, 0.2) is 0 Å². The fraction of sp³-hybridized carbons (Fsp3) is 0.357. The van der Waals surface area contributed by atoms with Crippen LogP contribution in [-0.2, 0) is 9.59 Å². The summed E-state index contributed by atoms with van der Waals surface area (Å²) in [6.45, 7) is 1.88. The van der Waals surface area contributed by atoms with E-state index in [4.69, 9.17) is 10.00 Å². The zero-order valence-corrected chi connectivity index (χ0v) is 10.8. The Bertz CT molecular complexity index is 575. The molecule has 2 rings (SSSR count). The molecule has 0 aromatic heterocycles. The molecule has 1 unspecified atom stereocenters. The van der Waals surface area contributed by atoms with Crippen LogP contribution in [-0.4, -0.2) is 18.9 Å². The van der Waals surface area contributed by atoms with Gasteiger partial charge in [-0.05, 0) is 24.6 Å². The standard InChI is InChI=1S/C14H14N2O3/c1-9-3-4-12(19-2)11(7-9)16-13(17)8-10(5-6-15)14(16)18/h3-4,7,10H,5,8H2,1-2H3. The van der Waals surface area contributed by atoms with Gasteiger partial charge in [0, 0.05) is 12.8 Å². The smallest absolute Gasteiger partial charge is 0.238 e. The van der Waals surface area contributed by atoms with Crippen LogP contribution in [0.3, 0.4) is 0 Å². The zero-order chi connectivity index (χ0) is 14.0. The number of anilines is 1. The van der Waals surface area contributed by atoms with Crippen molar-refractivity contribution in [1.82, 2.24) is 0 Å². The number of benzene rings is 1. The minimum Gasteiger partial charge on any atom is -0.495 e. The largest absolute Gasteiger partial charge is 0.495 e. The molecule has 1 aromatic rings. The Morgan fingerprint density at radius 3 is 2.84 bits per heavy atom. The molecule has 5 nitrogen and oxygen atoms in total. The Labute approximate surface area is 111 Å². The number of imide groups is 1. The number of methoxy groups -OCH3 is 1. The van der Waals surface area contributed by atoms with Crippen LogP contribution in [0.4, 0.5) is 5.69 Å². The van der Waals surface area contributed by atoms with Crippen molar-refractivity contribution in [3.8, 4) is 11.8 Å². The third-order valence-corrected chi connectivity index (χ3v) is 3.15. The van der Waals surface area contributed by atoms with Crippen molar-refractivity contribution in [1.29, 1.82) is 5.26 Å².